The molecule has 0 heterocycles. The molecule has 0 aromatic heterocycles. The second-order valence-electron chi connectivity index (χ2n) is 3.32. The number of benzene rings is 1. The van der Waals surface area contributed by atoms with Gasteiger partial charge in [0.25, 0.3) is 0 Å². The monoisotopic (exact) mass is 252 g/mol. The van der Waals surface area contributed by atoms with E-state index in [0.29, 0.717) is 0 Å². The zero-order valence-corrected chi connectivity index (χ0v) is 10.1. The molecule has 5 heteroatoms. The standard InChI is InChI=1S/C13H13FO4/c1-3-18-13(16)11(8-17-2)12(15)9-4-6-10(14)7-5-9/h4-8H,3H2,1-2H3/b11-8+. The largest absolute Gasteiger partial charge is 0.503 e. The number of carbonyl (C=O) groups excluding carboxylic acids is 2. The minimum absolute atomic E-state index is 0.149. The van der Waals surface area contributed by atoms with Crippen LogP contribution >= 0.6 is 0 Å². The van der Waals surface area contributed by atoms with Gasteiger partial charge in [0.15, 0.2) is 0 Å². The maximum absolute atomic E-state index is 12.7. The summed E-state index contributed by atoms with van der Waals surface area (Å²) < 4.78 is 22.2. The van der Waals surface area contributed by atoms with Crippen LogP contribution in [0.1, 0.15) is 17.3 Å². The average molecular weight is 252 g/mol. The molecule has 1 rings (SSSR count). The molecule has 0 bridgehead atoms. The zero-order valence-electron chi connectivity index (χ0n) is 10.1. The van der Waals surface area contributed by atoms with Crippen molar-refractivity contribution in [3.8, 4) is 0 Å². The first kappa shape index (κ1) is 13.9. The molecule has 0 unspecified atom stereocenters. The fourth-order valence-electron chi connectivity index (χ4n) is 1.28. The SMILES string of the molecule is CCOC(=O)/C(=C/OC)C(=O)c1ccc(F)cc1. The van der Waals surface area contributed by atoms with Gasteiger partial charge in [0.1, 0.15) is 17.7 Å². The fraction of sp³-hybridized carbons (Fsp3) is 0.231. The Morgan fingerprint density at radius 2 is 1.89 bits per heavy atom. The molecule has 96 valence electrons. The lowest BCUT2D eigenvalue weighted by Gasteiger charge is -2.05. The van der Waals surface area contributed by atoms with Crippen LogP contribution in [0.15, 0.2) is 36.1 Å². The molecule has 1 aromatic carbocycles. The van der Waals surface area contributed by atoms with Crippen LogP contribution in [0, 0.1) is 5.82 Å². The normalized spacial score (nSPS) is 10.9. The summed E-state index contributed by atoms with van der Waals surface area (Å²) in [4.78, 5) is 23.5. The first-order valence-corrected chi connectivity index (χ1v) is 5.30. The van der Waals surface area contributed by atoms with E-state index in [9.17, 15) is 14.0 Å². The van der Waals surface area contributed by atoms with E-state index in [4.69, 9.17) is 4.74 Å². The third kappa shape index (κ3) is 3.41. The van der Waals surface area contributed by atoms with E-state index in [1.54, 1.807) is 6.92 Å². The number of ether oxygens (including phenoxy) is 2. The lowest BCUT2D eigenvalue weighted by molar-refractivity contribution is -0.138. The van der Waals surface area contributed by atoms with Crippen LogP contribution < -0.4 is 0 Å². The smallest absolute Gasteiger partial charge is 0.345 e. The maximum Gasteiger partial charge on any atom is 0.345 e. The molecular formula is C13H13FO4. The van der Waals surface area contributed by atoms with Crippen molar-refractivity contribution in [2.75, 3.05) is 13.7 Å². The third-order valence-electron chi connectivity index (χ3n) is 2.08. The van der Waals surface area contributed by atoms with Crippen LogP contribution in [0.25, 0.3) is 0 Å². The van der Waals surface area contributed by atoms with E-state index in [1.807, 2.05) is 0 Å². The van der Waals surface area contributed by atoms with E-state index in [1.165, 1.54) is 19.2 Å². The first-order valence-electron chi connectivity index (χ1n) is 5.30. The second-order valence-corrected chi connectivity index (χ2v) is 3.32. The highest BCUT2D eigenvalue weighted by atomic mass is 19.1. The number of carbonyl (C=O) groups is 2. The van der Waals surface area contributed by atoms with E-state index < -0.39 is 17.6 Å². The molecule has 0 amide bonds. The fourth-order valence-corrected chi connectivity index (χ4v) is 1.28. The summed E-state index contributed by atoms with van der Waals surface area (Å²) in [6, 6.07) is 4.87. The van der Waals surface area contributed by atoms with E-state index in [0.717, 1.165) is 18.4 Å². The van der Waals surface area contributed by atoms with Gasteiger partial charge in [-0.15, -0.1) is 0 Å². The highest BCUT2D eigenvalue weighted by Crippen LogP contribution is 2.11. The number of esters is 1. The van der Waals surface area contributed by atoms with Crippen LogP contribution in [0.3, 0.4) is 0 Å². The molecule has 0 spiro atoms. The van der Waals surface area contributed by atoms with Crippen molar-refractivity contribution in [2.45, 2.75) is 6.92 Å². The number of rotatable bonds is 5. The summed E-state index contributed by atoms with van der Waals surface area (Å²) in [7, 11) is 1.32. The van der Waals surface area contributed by atoms with Crippen LogP contribution in [-0.4, -0.2) is 25.5 Å². The highest BCUT2D eigenvalue weighted by molar-refractivity contribution is 6.24. The minimum atomic E-state index is -0.770. The summed E-state index contributed by atoms with van der Waals surface area (Å²) in [5.41, 5.74) is -0.0429. The topological polar surface area (TPSA) is 52.6 Å². The molecule has 4 nitrogen and oxygen atoms in total. The predicted molar refractivity (Wildman–Crippen MR) is 62.5 cm³/mol. The van der Waals surface area contributed by atoms with Gasteiger partial charge >= 0.3 is 5.97 Å². The third-order valence-corrected chi connectivity index (χ3v) is 2.08. The van der Waals surface area contributed by atoms with Gasteiger partial charge in [0.05, 0.1) is 13.7 Å². The van der Waals surface area contributed by atoms with Crippen molar-refractivity contribution in [2.24, 2.45) is 0 Å². The molecule has 0 N–H and O–H groups in total. The summed E-state index contributed by atoms with van der Waals surface area (Å²) in [6.07, 6.45) is 1.02. The summed E-state index contributed by atoms with van der Waals surface area (Å²) in [5, 5.41) is 0. The number of halogens is 1. The molecule has 0 saturated carbocycles. The van der Waals surface area contributed by atoms with E-state index in [-0.39, 0.29) is 17.7 Å². The summed E-state index contributed by atoms with van der Waals surface area (Å²) >= 11 is 0. The Morgan fingerprint density at radius 3 is 2.39 bits per heavy atom. The second kappa shape index (κ2) is 6.54. The Kier molecular flexibility index (Phi) is 5.05. The minimum Gasteiger partial charge on any atom is -0.503 e. The molecule has 0 aliphatic rings. The molecule has 18 heavy (non-hydrogen) atoms. The van der Waals surface area contributed by atoms with Gasteiger partial charge in [0.2, 0.25) is 5.78 Å². The number of methoxy groups -OCH3 is 1. The maximum atomic E-state index is 12.7. The van der Waals surface area contributed by atoms with Crippen molar-refractivity contribution >= 4 is 11.8 Å². The zero-order chi connectivity index (χ0) is 13.5. The van der Waals surface area contributed by atoms with Gasteiger partial charge in [-0.05, 0) is 31.2 Å². The Bertz CT molecular complexity index is 462. The first-order chi connectivity index (χ1) is 8.60. The van der Waals surface area contributed by atoms with Crippen LogP contribution in [0.2, 0.25) is 0 Å². The lowest BCUT2D eigenvalue weighted by Crippen LogP contribution is -2.16. The van der Waals surface area contributed by atoms with Gasteiger partial charge < -0.3 is 9.47 Å². The molecule has 0 aliphatic heterocycles. The highest BCUT2D eigenvalue weighted by Gasteiger charge is 2.21. The van der Waals surface area contributed by atoms with Crippen LogP contribution in [-0.2, 0) is 14.3 Å². The molecule has 0 saturated heterocycles. The van der Waals surface area contributed by atoms with Crippen molar-refractivity contribution < 1.29 is 23.5 Å². The number of ketones is 1. The van der Waals surface area contributed by atoms with Gasteiger partial charge in [0, 0.05) is 5.56 Å². The number of Topliss-reactive ketones (excluding diaryl/α,β-unsaturated/α-hetero) is 1. The Morgan fingerprint density at radius 1 is 1.28 bits per heavy atom. The van der Waals surface area contributed by atoms with Crippen LogP contribution in [0.5, 0.6) is 0 Å². The number of hydrogen-bond donors (Lipinski definition) is 0. The van der Waals surface area contributed by atoms with Gasteiger partial charge in [-0.25, -0.2) is 9.18 Å². The van der Waals surface area contributed by atoms with E-state index >= 15 is 0 Å². The van der Waals surface area contributed by atoms with Gasteiger partial charge in [-0.1, -0.05) is 0 Å². The van der Waals surface area contributed by atoms with Crippen LogP contribution in [0.4, 0.5) is 4.39 Å². The van der Waals surface area contributed by atoms with Crippen molar-refractivity contribution in [3.05, 3.63) is 47.5 Å². The Labute approximate surface area is 104 Å². The van der Waals surface area contributed by atoms with E-state index in [2.05, 4.69) is 4.74 Å². The molecular weight excluding hydrogens is 239 g/mol. The molecule has 0 atom stereocenters. The van der Waals surface area contributed by atoms with Crippen molar-refractivity contribution in [1.29, 1.82) is 0 Å². The van der Waals surface area contributed by atoms with Gasteiger partial charge in [-0.2, -0.15) is 0 Å². The Hall–Kier alpha value is -2.17. The number of hydrogen-bond acceptors (Lipinski definition) is 4. The molecule has 1 aromatic rings. The molecule has 0 aliphatic carbocycles. The van der Waals surface area contributed by atoms with Gasteiger partial charge in [-0.3, -0.25) is 4.79 Å². The van der Waals surface area contributed by atoms with Crippen molar-refractivity contribution in [1.82, 2.24) is 0 Å². The summed E-state index contributed by atoms with van der Waals surface area (Å²) in [5.74, 6) is -1.80. The average Bonchev–Trinajstić information content (AvgIpc) is 2.36. The molecule has 0 radical (unpaired) electrons. The van der Waals surface area contributed by atoms with Crippen molar-refractivity contribution in [3.63, 3.8) is 0 Å². The predicted octanol–water partition coefficient (Wildman–Crippen LogP) is 2.10. The lowest BCUT2D eigenvalue weighted by atomic mass is 10.0. The summed E-state index contributed by atoms with van der Waals surface area (Å²) in [6.45, 7) is 1.78. The quantitative estimate of drug-likeness (QED) is 0.201. The molecule has 0 fully saturated rings. The Balaban J connectivity index is 3.00.